The van der Waals surface area contributed by atoms with Crippen LogP contribution in [0.2, 0.25) is 0 Å². The van der Waals surface area contributed by atoms with E-state index in [2.05, 4.69) is 0 Å². The van der Waals surface area contributed by atoms with Crippen LogP contribution in [0, 0.1) is 11.3 Å². The minimum absolute atomic E-state index is 0.0485. The van der Waals surface area contributed by atoms with Gasteiger partial charge in [-0.3, -0.25) is 4.90 Å². The fraction of sp³-hybridized carbons (Fsp3) is 0.800. The highest BCUT2D eigenvalue weighted by Gasteiger charge is 2.37. The Kier molecular flexibility index (Phi) is 3.18. The van der Waals surface area contributed by atoms with E-state index in [1.54, 1.807) is 20.8 Å². The van der Waals surface area contributed by atoms with Crippen molar-refractivity contribution in [3.8, 4) is 6.07 Å². The maximum Gasteiger partial charge on any atom is 0.411 e. The Labute approximate surface area is 88.6 Å². The van der Waals surface area contributed by atoms with E-state index in [-0.39, 0.29) is 13.0 Å². The lowest BCUT2D eigenvalue weighted by molar-refractivity contribution is 0.0250. The van der Waals surface area contributed by atoms with Crippen LogP contribution in [0.3, 0.4) is 0 Å². The quantitative estimate of drug-likeness (QED) is 0.618. The van der Waals surface area contributed by atoms with E-state index >= 15 is 0 Å². The molecule has 5 heteroatoms. The van der Waals surface area contributed by atoms with Crippen LogP contribution < -0.4 is 0 Å². The molecule has 1 amide bonds. The zero-order valence-electron chi connectivity index (χ0n) is 9.16. The molecule has 1 aliphatic rings. The minimum Gasteiger partial charge on any atom is -0.444 e. The van der Waals surface area contributed by atoms with E-state index in [1.807, 2.05) is 6.07 Å². The first-order valence-corrected chi connectivity index (χ1v) is 4.87. The molecule has 4 nitrogen and oxygen atoms in total. The molecule has 1 fully saturated rings. The van der Waals surface area contributed by atoms with Crippen LogP contribution in [0.25, 0.3) is 0 Å². The molecule has 0 radical (unpaired) electrons. The zero-order valence-corrected chi connectivity index (χ0v) is 9.16. The fourth-order valence-corrected chi connectivity index (χ4v) is 1.43. The second kappa shape index (κ2) is 4.05. The molecule has 1 heterocycles. The molecule has 0 bridgehead atoms. The van der Waals surface area contributed by atoms with Crippen molar-refractivity contribution in [2.24, 2.45) is 0 Å². The van der Waals surface area contributed by atoms with Gasteiger partial charge in [0, 0.05) is 6.42 Å². The summed E-state index contributed by atoms with van der Waals surface area (Å²) >= 11 is 0. The van der Waals surface area contributed by atoms with Gasteiger partial charge >= 0.3 is 6.09 Å². The van der Waals surface area contributed by atoms with E-state index in [1.165, 1.54) is 0 Å². The molecular weight excluding hydrogens is 199 g/mol. The number of likely N-dealkylation sites (tertiary alicyclic amines) is 1. The van der Waals surface area contributed by atoms with Crippen molar-refractivity contribution in [3.63, 3.8) is 0 Å². The summed E-state index contributed by atoms with van der Waals surface area (Å²) in [4.78, 5) is 12.7. The Bertz CT molecular complexity index is 293. The highest BCUT2D eigenvalue weighted by Crippen LogP contribution is 2.22. The molecule has 2 atom stereocenters. The van der Waals surface area contributed by atoms with Gasteiger partial charge in [0.1, 0.15) is 17.8 Å². The van der Waals surface area contributed by atoms with Crippen LogP contribution in [-0.2, 0) is 4.74 Å². The molecule has 0 saturated carbocycles. The number of carbonyl (C=O) groups excluding carboxylic acids is 1. The van der Waals surface area contributed by atoms with Gasteiger partial charge in [0.25, 0.3) is 0 Å². The van der Waals surface area contributed by atoms with Crippen molar-refractivity contribution in [3.05, 3.63) is 0 Å². The van der Waals surface area contributed by atoms with E-state index in [9.17, 15) is 9.18 Å². The number of rotatable bonds is 0. The van der Waals surface area contributed by atoms with Gasteiger partial charge in [0.2, 0.25) is 0 Å². The first kappa shape index (κ1) is 11.8. The molecule has 0 unspecified atom stereocenters. The summed E-state index contributed by atoms with van der Waals surface area (Å²) in [6.07, 6.45) is -1.66. The molecular formula is C10H15FN2O2. The minimum atomic E-state index is -1.12. The van der Waals surface area contributed by atoms with Crippen molar-refractivity contribution in [2.75, 3.05) is 6.54 Å². The van der Waals surface area contributed by atoms with Crippen molar-refractivity contribution in [1.29, 1.82) is 5.26 Å². The van der Waals surface area contributed by atoms with Crippen LogP contribution in [-0.4, -0.2) is 35.4 Å². The summed E-state index contributed by atoms with van der Waals surface area (Å²) in [5, 5.41) is 8.74. The number of halogens is 1. The lowest BCUT2D eigenvalue weighted by Gasteiger charge is -2.25. The second-order valence-electron chi connectivity index (χ2n) is 4.61. The predicted octanol–water partition coefficient (Wildman–Crippen LogP) is 1.86. The largest absolute Gasteiger partial charge is 0.444 e. The number of carbonyl (C=O) groups is 1. The number of hydrogen-bond donors (Lipinski definition) is 0. The average Bonchev–Trinajstić information content (AvgIpc) is 2.43. The molecule has 0 aromatic carbocycles. The van der Waals surface area contributed by atoms with Crippen molar-refractivity contribution in [2.45, 2.75) is 45.0 Å². The molecule has 0 aromatic rings. The monoisotopic (exact) mass is 214 g/mol. The van der Waals surface area contributed by atoms with Gasteiger partial charge in [-0.05, 0) is 20.8 Å². The SMILES string of the molecule is CC(C)(C)OC(=O)N1C[C@H](F)C[C@H]1C#N. The second-order valence-corrected chi connectivity index (χ2v) is 4.61. The van der Waals surface area contributed by atoms with Gasteiger partial charge in [0.15, 0.2) is 0 Å². The van der Waals surface area contributed by atoms with Crippen molar-refractivity contribution >= 4 is 6.09 Å². The summed E-state index contributed by atoms with van der Waals surface area (Å²) in [6, 6.07) is 1.20. The molecule has 1 saturated heterocycles. The van der Waals surface area contributed by atoms with Crippen molar-refractivity contribution < 1.29 is 13.9 Å². The van der Waals surface area contributed by atoms with Crippen LogP contribution in [0.5, 0.6) is 0 Å². The number of nitrogens with zero attached hydrogens (tertiary/aromatic N) is 2. The summed E-state index contributed by atoms with van der Waals surface area (Å²) in [7, 11) is 0. The Morgan fingerprint density at radius 3 is 2.67 bits per heavy atom. The molecule has 0 spiro atoms. The Balaban J connectivity index is 2.64. The van der Waals surface area contributed by atoms with Crippen LogP contribution in [0.4, 0.5) is 9.18 Å². The lowest BCUT2D eigenvalue weighted by atomic mass is 10.2. The number of nitriles is 1. The number of amides is 1. The summed E-state index contributed by atoms with van der Waals surface area (Å²) in [5.74, 6) is 0. The fourth-order valence-electron chi connectivity index (χ4n) is 1.43. The smallest absolute Gasteiger partial charge is 0.411 e. The van der Waals surface area contributed by atoms with E-state index < -0.39 is 23.9 Å². The van der Waals surface area contributed by atoms with Gasteiger partial charge in [-0.2, -0.15) is 5.26 Å². The van der Waals surface area contributed by atoms with E-state index in [0.29, 0.717) is 0 Å². The number of hydrogen-bond acceptors (Lipinski definition) is 3. The topological polar surface area (TPSA) is 53.3 Å². The number of alkyl halides is 1. The Hall–Kier alpha value is -1.31. The summed E-state index contributed by atoms with van der Waals surface area (Å²) in [6.45, 7) is 5.15. The standard InChI is InChI=1S/C10H15FN2O2/c1-10(2,3)15-9(14)13-6-7(11)4-8(13)5-12/h7-8H,4,6H2,1-3H3/t7-,8+/m1/s1. The molecule has 15 heavy (non-hydrogen) atoms. The molecule has 0 N–H and O–H groups in total. The first-order valence-electron chi connectivity index (χ1n) is 4.87. The predicted molar refractivity (Wildman–Crippen MR) is 51.9 cm³/mol. The van der Waals surface area contributed by atoms with Crippen molar-refractivity contribution in [1.82, 2.24) is 4.90 Å². The maximum absolute atomic E-state index is 13.0. The molecule has 1 aliphatic heterocycles. The van der Waals surface area contributed by atoms with E-state index in [4.69, 9.17) is 10.00 Å². The van der Waals surface area contributed by atoms with Gasteiger partial charge in [-0.1, -0.05) is 0 Å². The van der Waals surface area contributed by atoms with Crippen LogP contribution >= 0.6 is 0 Å². The van der Waals surface area contributed by atoms with Gasteiger partial charge in [-0.25, -0.2) is 9.18 Å². The van der Waals surface area contributed by atoms with Crippen LogP contribution in [0.1, 0.15) is 27.2 Å². The van der Waals surface area contributed by atoms with Crippen LogP contribution in [0.15, 0.2) is 0 Å². The summed E-state index contributed by atoms with van der Waals surface area (Å²) < 4.78 is 18.1. The molecule has 1 rings (SSSR count). The molecule has 0 aliphatic carbocycles. The van der Waals surface area contributed by atoms with E-state index in [0.717, 1.165) is 4.90 Å². The summed E-state index contributed by atoms with van der Waals surface area (Å²) in [5.41, 5.74) is -0.620. The highest BCUT2D eigenvalue weighted by molar-refractivity contribution is 5.69. The zero-order chi connectivity index (χ0) is 11.6. The highest BCUT2D eigenvalue weighted by atomic mass is 19.1. The molecule has 0 aromatic heterocycles. The van der Waals surface area contributed by atoms with Gasteiger partial charge < -0.3 is 4.74 Å². The third-order valence-electron chi connectivity index (χ3n) is 2.03. The lowest BCUT2D eigenvalue weighted by Crippen LogP contribution is -2.39. The number of ether oxygens (including phenoxy) is 1. The van der Waals surface area contributed by atoms with Gasteiger partial charge in [-0.15, -0.1) is 0 Å². The first-order chi connectivity index (χ1) is 6.83. The normalized spacial score (nSPS) is 26.2. The maximum atomic E-state index is 13.0. The van der Waals surface area contributed by atoms with Gasteiger partial charge in [0.05, 0.1) is 12.6 Å². The third kappa shape index (κ3) is 3.08. The average molecular weight is 214 g/mol. The third-order valence-corrected chi connectivity index (χ3v) is 2.03. The molecule has 84 valence electrons. The Morgan fingerprint density at radius 1 is 1.60 bits per heavy atom. The Morgan fingerprint density at radius 2 is 2.20 bits per heavy atom.